The van der Waals surface area contributed by atoms with Crippen molar-refractivity contribution in [1.29, 1.82) is 0 Å². The molecule has 2 atom stereocenters. The van der Waals surface area contributed by atoms with Crippen LogP contribution in [0.4, 0.5) is 4.39 Å². The average Bonchev–Trinajstić information content (AvgIpc) is 3.22. The third-order valence-electron chi connectivity index (χ3n) is 5.63. The lowest BCUT2D eigenvalue weighted by molar-refractivity contribution is -0.139. The Kier molecular flexibility index (Phi) is 6.71. The summed E-state index contributed by atoms with van der Waals surface area (Å²) in [6, 6.07) is 13.9. The van der Waals surface area contributed by atoms with E-state index in [1.165, 1.54) is 16.8 Å². The number of ether oxygens (including phenoxy) is 1. The largest absolute Gasteiger partial charge is 0.484 e. The molecule has 3 aromatic rings. The number of aromatic nitrogens is 4. The maximum atomic E-state index is 13.2. The minimum Gasteiger partial charge on any atom is -0.484 e. The van der Waals surface area contributed by atoms with Crippen LogP contribution in [0.3, 0.4) is 0 Å². The minimum atomic E-state index is -0.234. The van der Waals surface area contributed by atoms with Crippen molar-refractivity contribution in [2.75, 3.05) is 19.7 Å². The molecule has 32 heavy (non-hydrogen) atoms. The van der Waals surface area contributed by atoms with Crippen molar-refractivity contribution >= 4 is 18.5 Å². The number of hydrogen-bond acceptors (Lipinski definition) is 7. The van der Waals surface area contributed by atoms with E-state index >= 15 is 0 Å². The summed E-state index contributed by atoms with van der Waals surface area (Å²) in [5.41, 5.74) is 1.81. The Hall–Kier alpha value is -2.98. The van der Waals surface area contributed by atoms with Gasteiger partial charge in [0.2, 0.25) is 5.16 Å². The molecule has 0 aliphatic carbocycles. The second-order valence-corrected chi connectivity index (χ2v) is 8.37. The highest BCUT2D eigenvalue weighted by Gasteiger charge is 2.32. The number of tetrazole rings is 1. The summed E-state index contributed by atoms with van der Waals surface area (Å²) < 4.78 is 20.4. The van der Waals surface area contributed by atoms with Gasteiger partial charge in [-0.2, -0.15) is 4.68 Å². The molecule has 2 aromatic carbocycles. The van der Waals surface area contributed by atoms with Crippen molar-refractivity contribution in [2.45, 2.75) is 37.6 Å². The quantitative estimate of drug-likeness (QED) is 0.575. The van der Waals surface area contributed by atoms with Crippen LogP contribution in [0, 0.1) is 5.82 Å². The molecule has 0 radical (unpaired) electrons. The minimum absolute atomic E-state index is 0.0307. The molecular weight excluding hydrogens is 431 g/mol. The highest BCUT2D eigenvalue weighted by molar-refractivity contribution is 7.80. The summed E-state index contributed by atoms with van der Waals surface area (Å²) in [6.45, 7) is 6.20. The summed E-state index contributed by atoms with van der Waals surface area (Å²) in [4.78, 5) is 17.0. The van der Waals surface area contributed by atoms with E-state index in [-0.39, 0.29) is 30.4 Å². The van der Waals surface area contributed by atoms with Crippen molar-refractivity contribution in [3.05, 3.63) is 59.9 Å². The van der Waals surface area contributed by atoms with Crippen LogP contribution in [-0.4, -0.2) is 67.7 Å². The predicted molar refractivity (Wildman–Crippen MR) is 119 cm³/mol. The summed E-state index contributed by atoms with van der Waals surface area (Å²) in [6.07, 6.45) is 0. The van der Waals surface area contributed by atoms with Gasteiger partial charge in [0.15, 0.2) is 6.61 Å². The summed E-state index contributed by atoms with van der Waals surface area (Å²) in [5, 5.41) is 11.5. The Balaban J connectivity index is 1.31. The van der Waals surface area contributed by atoms with Crippen LogP contribution in [0.2, 0.25) is 0 Å². The number of amides is 1. The van der Waals surface area contributed by atoms with Gasteiger partial charge in [-0.1, -0.05) is 12.1 Å². The monoisotopic (exact) mass is 456 g/mol. The van der Waals surface area contributed by atoms with Crippen LogP contribution in [0.5, 0.6) is 5.75 Å². The van der Waals surface area contributed by atoms with Gasteiger partial charge in [-0.05, 0) is 66.2 Å². The summed E-state index contributed by atoms with van der Waals surface area (Å²) >= 11 is 4.19. The molecule has 10 heteroatoms. The lowest BCUT2D eigenvalue weighted by Crippen LogP contribution is -2.58. The molecule has 0 unspecified atom stereocenters. The van der Waals surface area contributed by atoms with Gasteiger partial charge in [-0.3, -0.25) is 9.69 Å². The van der Waals surface area contributed by atoms with Crippen molar-refractivity contribution in [1.82, 2.24) is 30.0 Å². The molecule has 1 aromatic heterocycles. The zero-order valence-electron chi connectivity index (χ0n) is 17.9. The first kappa shape index (κ1) is 22.2. The van der Waals surface area contributed by atoms with E-state index in [1.54, 1.807) is 36.4 Å². The fraction of sp³-hybridized carbons (Fsp3) is 0.364. The van der Waals surface area contributed by atoms with Gasteiger partial charge in [0.05, 0.1) is 5.69 Å². The van der Waals surface area contributed by atoms with Gasteiger partial charge in [0.25, 0.3) is 5.91 Å². The van der Waals surface area contributed by atoms with Gasteiger partial charge >= 0.3 is 0 Å². The second-order valence-electron chi connectivity index (χ2n) is 7.97. The molecule has 1 amide bonds. The fourth-order valence-electron chi connectivity index (χ4n) is 3.85. The highest BCUT2D eigenvalue weighted by Crippen LogP contribution is 2.20. The van der Waals surface area contributed by atoms with Crippen LogP contribution >= 0.6 is 12.6 Å². The molecule has 0 spiro atoms. The molecule has 1 saturated heterocycles. The molecule has 0 bridgehead atoms. The van der Waals surface area contributed by atoms with Crippen LogP contribution in [-0.2, 0) is 11.3 Å². The number of carbonyl (C=O) groups excluding carboxylic acids is 1. The first-order valence-electron chi connectivity index (χ1n) is 10.4. The van der Waals surface area contributed by atoms with E-state index in [0.717, 1.165) is 24.3 Å². The van der Waals surface area contributed by atoms with Gasteiger partial charge in [0.1, 0.15) is 11.6 Å². The van der Waals surface area contributed by atoms with Gasteiger partial charge < -0.3 is 9.64 Å². The van der Waals surface area contributed by atoms with Crippen molar-refractivity contribution in [3.8, 4) is 11.4 Å². The molecule has 4 rings (SSSR count). The number of nitrogens with zero attached hydrogens (tertiary/aromatic N) is 6. The van der Waals surface area contributed by atoms with E-state index in [4.69, 9.17) is 4.74 Å². The fourth-order valence-corrected chi connectivity index (χ4v) is 4.05. The lowest BCUT2D eigenvalue weighted by atomic mass is 10.1. The molecule has 8 nitrogen and oxygen atoms in total. The Morgan fingerprint density at radius 1 is 1.09 bits per heavy atom. The molecule has 2 heterocycles. The Labute approximate surface area is 191 Å². The smallest absolute Gasteiger partial charge is 0.260 e. The molecular formula is C22H25FN6O2S. The number of piperazine rings is 1. The maximum absolute atomic E-state index is 13.2. The first-order chi connectivity index (χ1) is 15.4. The molecule has 0 N–H and O–H groups in total. The van der Waals surface area contributed by atoms with E-state index in [0.29, 0.717) is 17.5 Å². The topological polar surface area (TPSA) is 76.4 Å². The highest BCUT2D eigenvalue weighted by atomic mass is 32.1. The Morgan fingerprint density at radius 2 is 1.81 bits per heavy atom. The summed E-state index contributed by atoms with van der Waals surface area (Å²) in [5.74, 6) is 0.307. The third-order valence-corrected chi connectivity index (χ3v) is 5.91. The predicted octanol–water partition coefficient (Wildman–Crippen LogP) is 2.59. The van der Waals surface area contributed by atoms with Gasteiger partial charge in [-0.25, -0.2) is 4.39 Å². The van der Waals surface area contributed by atoms with E-state index in [2.05, 4.69) is 40.0 Å². The van der Waals surface area contributed by atoms with Crippen LogP contribution in [0.1, 0.15) is 19.4 Å². The molecule has 1 fully saturated rings. The van der Waals surface area contributed by atoms with E-state index < -0.39 is 0 Å². The third kappa shape index (κ3) is 5.08. The lowest BCUT2D eigenvalue weighted by Gasteiger charge is -2.44. The molecule has 0 saturated carbocycles. The first-order valence-corrected chi connectivity index (χ1v) is 10.8. The Morgan fingerprint density at radius 3 is 2.47 bits per heavy atom. The normalized spacial score (nSPS) is 19.2. The zero-order valence-corrected chi connectivity index (χ0v) is 18.8. The van der Waals surface area contributed by atoms with Crippen LogP contribution in [0.25, 0.3) is 5.69 Å². The second kappa shape index (κ2) is 9.66. The van der Waals surface area contributed by atoms with E-state index in [1.807, 2.05) is 11.8 Å². The number of thiol groups is 1. The number of rotatable bonds is 6. The zero-order chi connectivity index (χ0) is 22.7. The van der Waals surface area contributed by atoms with Gasteiger partial charge in [-0.15, -0.1) is 17.7 Å². The number of carbonyl (C=O) groups is 1. The SMILES string of the molecule is C[C@@H]1CN(C(=O)COc2ccc(-n3nnnc3S)cc2)[C@@H](C)CN1Cc1ccc(F)cc1. The summed E-state index contributed by atoms with van der Waals surface area (Å²) in [7, 11) is 0. The number of benzene rings is 2. The standard InChI is InChI=1S/C22H25FN6O2S/c1-15-12-28(16(2)11-27(15)13-17-3-5-18(23)6-4-17)21(30)14-31-20-9-7-19(8-10-20)29-22(32)24-25-26-29/h3-10,15-16H,11-14H2,1-2H3,(H,24,26,32)/t15-,16+/m1/s1. The average molecular weight is 457 g/mol. The van der Waals surface area contributed by atoms with Crippen molar-refractivity contribution < 1.29 is 13.9 Å². The van der Waals surface area contributed by atoms with Crippen LogP contribution < -0.4 is 4.74 Å². The molecule has 168 valence electrons. The van der Waals surface area contributed by atoms with Crippen LogP contribution in [0.15, 0.2) is 53.7 Å². The number of halogens is 1. The van der Waals surface area contributed by atoms with Crippen molar-refractivity contribution in [3.63, 3.8) is 0 Å². The molecule has 1 aliphatic heterocycles. The van der Waals surface area contributed by atoms with Crippen molar-refractivity contribution in [2.24, 2.45) is 0 Å². The maximum Gasteiger partial charge on any atom is 0.260 e. The number of hydrogen-bond donors (Lipinski definition) is 1. The Bertz CT molecular complexity index is 1060. The molecule has 1 aliphatic rings. The van der Waals surface area contributed by atoms with Gasteiger partial charge in [0, 0.05) is 31.7 Å². The van der Waals surface area contributed by atoms with E-state index in [9.17, 15) is 9.18 Å².